The van der Waals surface area contributed by atoms with Gasteiger partial charge in [0, 0.05) is 31.2 Å². The summed E-state index contributed by atoms with van der Waals surface area (Å²) in [6.07, 6.45) is 1.50. The maximum Gasteiger partial charge on any atom is 0.253 e. The van der Waals surface area contributed by atoms with Gasteiger partial charge >= 0.3 is 0 Å². The fraction of sp³-hybridized carbons (Fsp3) is 0.333. The van der Waals surface area contributed by atoms with Crippen molar-refractivity contribution in [3.63, 3.8) is 0 Å². The molecule has 0 saturated carbocycles. The average Bonchev–Trinajstić information content (AvgIpc) is 2.72. The summed E-state index contributed by atoms with van der Waals surface area (Å²) in [5.74, 6) is -0.894. The molecule has 0 aromatic heterocycles. The van der Waals surface area contributed by atoms with Crippen LogP contribution in [0.2, 0.25) is 0 Å². The molecule has 1 saturated heterocycles. The second kappa shape index (κ2) is 10.2. The number of halogens is 2. The van der Waals surface area contributed by atoms with Crippen molar-refractivity contribution in [2.24, 2.45) is 11.7 Å². The topological polar surface area (TPSA) is 75.4 Å². The second-order valence-corrected chi connectivity index (χ2v) is 6.86. The Hall–Kier alpha value is -2.44. The molecule has 1 fully saturated rings. The van der Waals surface area contributed by atoms with E-state index in [0.717, 1.165) is 18.4 Å². The van der Waals surface area contributed by atoms with Gasteiger partial charge in [0.15, 0.2) is 0 Å². The molecule has 2 atom stereocenters. The molecule has 0 aliphatic carbocycles. The van der Waals surface area contributed by atoms with E-state index in [1.807, 2.05) is 30.3 Å². The van der Waals surface area contributed by atoms with Gasteiger partial charge in [0.2, 0.25) is 5.91 Å². The van der Waals surface area contributed by atoms with Crippen molar-refractivity contribution in [1.29, 1.82) is 0 Å². The fourth-order valence-corrected chi connectivity index (χ4v) is 3.32. The molecule has 5 nitrogen and oxygen atoms in total. The van der Waals surface area contributed by atoms with Gasteiger partial charge in [-0.25, -0.2) is 4.39 Å². The summed E-state index contributed by atoms with van der Waals surface area (Å²) < 4.78 is 13.0. The Labute approximate surface area is 170 Å². The molecule has 7 heteroatoms. The predicted octanol–water partition coefficient (Wildman–Crippen LogP) is 2.92. The van der Waals surface area contributed by atoms with E-state index in [2.05, 4.69) is 5.32 Å². The minimum Gasteiger partial charge on any atom is -0.354 e. The SMILES string of the molecule is Cl.NC(CNC(=O)C1CCCN(C(=O)c2ccc(F)cc2)C1)c1ccccc1. The molecule has 28 heavy (non-hydrogen) atoms. The number of nitrogens with zero attached hydrogens (tertiary/aromatic N) is 1. The molecule has 1 aliphatic rings. The van der Waals surface area contributed by atoms with Crippen molar-refractivity contribution in [2.75, 3.05) is 19.6 Å². The third-order valence-electron chi connectivity index (χ3n) is 4.89. The highest BCUT2D eigenvalue weighted by atomic mass is 35.5. The van der Waals surface area contributed by atoms with Crippen LogP contribution in [-0.2, 0) is 4.79 Å². The van der Waals surface area contributed by atoms with Gasteiger partial charge in [-0.15, -0.1) is 12.4 Å². The van der Waals surface area contributed by atoms with Crippen LogP contribution in [0, 0.1) is 11.7 Å². The summed E-state index contributed by atoms with van der Waals surface area (Å²) in [6.45, 7) is 1.32. The Morgan fingerprint density at radius 1 is 1.14 bits per heavy atom. The van der Waals surface area contributed by atoms with Crippen LogP contribution in [0.5, 0.6) is 0 Å². The molecule has 3 N–H and O–H groups in total. The third-order valence-corrected chi connectivity index (χ3v) is 4.89. The lowest BCUT2D eigenvalue weighted by Crippen LogP contribution is -2.46. The number of carbonyl (C=O) groups is 2. The lowest BCUT2D eigenvalue weighted by Gasteiger charge is -2.32. The molecule has 0 bridgehead atoms. The van der Waals surface area contributed by atoms with Gasteiger partial charge in [-0.1, -0.05) is 30.3 Å². The number of nitrogens with two attached hydrogens (primary N) is 1. The number of hydrogen-bond donors (Lipinski definition) is 2. The Bertz CT molecular complexity index is 786. The number of nitrogens with one attached hydrogen (secondary N) is 1. The van der Waals surface area contributed by atoms with Crippen LogP contribution in [0.3, 0.4) is 0 Å². The molecule has 2 aromatic rings. The van der Waals surface area contributed by atoms with Crippen molar-refractivity contribution in [2.45, 2.75) is 18.9 Å². The van der Waals surface area contributed by atoms with Crippen LogP contribution in [0.25, 0.3) is 0 Å². The van der Waals surface area contributed by atoms with Crippen LogP contribution in [0.1, 0.15) is 34.8 Å². The monoisotopic (exact) mass is 405 g/mol. The summed E-state index contributed by atoms with van der Waals surface area (Å²) in [4.78, 5) is 26.8. The average molecular weight is 406 g/mol. The van der Waals surface area contributed by atoms with Crippen LogP contribution in [-0.4, -0.2) is 36.3 Å². The number of benzene rings is 2. The molecule has 150 valence electrons. The molecule has 2 unspecified atom stereocenters. The number of carbonyl (C=O) groups excluding carboxylic acids is 2. The zero-order valence-corrected chi connectivity index (χ0v) is 16.3. The van der Waals surface area contributed by atoms with Gasteiger partial charge in [0.05, 0.1) is 5.92 Å². The van der Waals surface area contributed by atoms with E-state index < -0.39 is 0 Å². The zero-order chi connectivity index (χ0) is 19.2. The molecule has 0 spiro atoms. The molecule has 1 heterocycles. The number of rotatable bonds is 5. The summed E-state index contributed by atoms with van der Waals surface area (Å²) in [6, 6.07) is 14.8. The van der Waals surface area contributed by atoms with Crippen molar-refractivity contribution < 1.29 is 14.0 Å². The van der Waals surface area contributed by atoms with Crippen LogP contribution >= 0.6 is 12.4 Å². The first-order chi connectivity index (χ1) is 13.0. The Balaban J connectivity index is 0.00000280. The molecular formula is C21H25ClFN3O2. The van der Waals surface area contributed by atoms with E-state index in [0.29, 0.717) is 25.2 Å². The minimum absolute atomic E-state index is 0. The summed E-state index contributed by atoms with van der Waals surface area (Å²) in [7, 11) is 0. The maximum absolute atomic E-state index is 13.0. The quantitative estimate of drug-likeness (QED) is 0.803. The van der Waals surface area contributed by atoms with E-state index in [4.69, 9.17) is 5.73 Å². The molecule has 3 rings (SSSR count). The maximum atomic E-state index is 13.0. The number of hydrogen-bond acceptors (Lipinski definition) is 3. The molecule has 1 aliphatic heterocycles. The van der Waals surface area contributed by atoms with Crippen LogP contribution in [0.15, 0.2) is 54.6 Å². The number of likely N-dealkylation sites (tertiary alicyclic amines) is 1. The lowest BCUT2D eigenvalue weighted by molar-refractivity contribution is -0.126. The third kappa shape index (κ3) is 5.53. The van der Waals surface area contributed by atoms with E-state index in [9.17, 15) is 14.0 Å². The summed E-state index contributed by atoms with van der Waals surface area (Å²) >= 11 is 0. The first-order valence-electron chi connectivity index (χ1n) is 9.17. The minimum atomic E-state index is -0.378. The van der Waals surface area contributed by atoms with E-state index >= 15 is 0 Å². The first kappa shape index (κ1) is 21.9. The van der Waals surface area contributed by atoms with Gasteiger partial charge < -0.3 is 16.0 Å². The highest BCUT2D eigenvalue weighted by molar-refractivity contribution is 5.94. The van der Waals surface area contributed by atoms with Crippen LogP contribution in [0.4, 0.5) is 4.39 Å². The van der Waals surface area contributed by atoms with Gasteiger partial charge in [0.25, 0.3) is 5.91 Å². The normalized spacial score (nSPS) is 17.4. The Morgan fingerprint density at radius 2 is 1.82 bits per heavy atom. The van der Waals surface area contributed by atoms with Crippen molar-refractivity contribution in [1.82, 2.24) is 10.2 Å². The van der Waals surface area contributed by atoms with Gasteiger partial charge in [-0.3, -0.25) is 9.59 Å². The number of piperidine rings is 1. The van der Waals surface area contributed by atoms with Crippen molar-refractivity contribution in [3.05, 3.63) is 71.5 Å². The number of amides is 2. The Kier molecular flexibility index (Phi) is 7.96. The molecule has 0 radical (unpaired) electrons. The predicted molar refractivity (Wildman–Crippen MR) is 109 cm³/mol. The molecular weight excluding hydrogens is 381 g/mol. The zero-order valence-electron chi connectivity index (χ0n) is 15.5. The molecule has 2 aromatic carbocycles. The van der Waals surface area contributed by atoms with Gasteiger partial charge in [-0.2, -0.15) is 0 Å². The smallest absolute Gasteiger partial charge is 0.253 e. The summed E-state index contributed by atoms with van der Waals surface area (Å²) in [5, 5.41) is 2.91. The van der Waals surface area contributed by atoms with E-state index in [1.165, 1.54) is 24.3 Å². The fourth-order valence-electron chi connectivity index (χ4n) is 3.32. The van der Waals surface area contributed by atoms with Crippen molar-refractivity contribution in [3.8, 4) is 0 Å². The standard InChI is InChI=1S/C21H24FN3O2.ClH/c22-18-10-8-16(9-11-18)21(27)25-12-4-7-17(14-25)20(26)24-13-19(23)15-5-2-1-3-6-15;/h1-3,5-6,8-11,17,19H,4,7,12-14,23H2,(H,24,26);1H. The highest BCUT2D eigenvalue weighted by Gasteiger charge is 2.29. The van der Waals surface area contributed by atoms with E-state index in [-0.39, 0.29) is 42.0 Å². The lowest BCUT2D eigenvalue weighted by atomic mass is 9.96. The van der Waals surface area contributed by atoms with Gasteiger partial charge in [0.1, 0.15) is 5.82 Å². The Morgan fingerprint density at radius 3 is 2.50 bits per heavy atom. The van der Waals surface area contributed by atoms with Crippen LogP contribution < -0.4 is 11.1 Å². The first-order valence-corrected chi connectivity index (χ1v) is 9.17. The largest absolute Gasteiger partial charge is 0.354 e. The van der Waals surface area contributed by atoms with E-state index in [1.54, 1.807) is 4.90 Å². The van der Waals surface area contributed by atoms with Gasteiger partial charge in [-0.05, 0) is 42.7 Å². The molecule has 2 amide bonds. The van der Waals surface area contributed by atoms with Crippen molar-refractivity contribution >= 4 is 24.2 Å². The summed E-state index contributed by atoms with van der Waals surface area (Å²) in [5.41, 5.74) is 7.53. The highest BCUT2D eigenvalue weighted by Crippen LogP contribution is 2.19. The second-order valence-electron chi connectivity index (χ2n) is 6.86.